The molecule has 1 aromatic carbocycles. The summed E-state index contributed by atoms with van der Waals surface area (Å²) in [5.74, 6) is 0.783. The molecule has 0 unspecified atom stereocenters. The highest BCUT2D eigenvalue weighted by Gasteiger charge is 2.02. The first-order chi connectivity index (χ1) is 8.69. The topological polar surface area (TPSA) is 30.0 Å². The minimum Gasteiger partial charge on any atom is -0.296 e. The molecule has 18 heavy (non-hydrogen) atoms. The fourth-order valence-electron chi connectivity index (χ4n) is 1.76. The van der Waals surface area contributed by atoms with Gasteiger partial charge in [-0.25, -0.2) is 4.98 Å². The van der Waals surface area contributed by atoms with Gasteiger partial charge in [0.2, 0.25) is 0 Å². The van der Waals surface area contributed by atoms with Crippen LogP contribution in [0.4, 0.5) is 0 Å². The monoisotopic (exact) mass is 257 g/mol. The summed E-state index contributed by atoms with van der Waals surface area (Å²) in [6, 6.07) is 12.0. The molecule has 0 N–H and O–H groups in total. The van der Waals surface area contributed by atoms with Gasteiger partial charge < -0.3 is 0 Å². The Morgan fingerprint density at radius 2 is 2.06 bits per heavy atom. The fraction of sp³-hybridized carbons (Fsp3) is 0.200. The summed E-state index contributed by atoms with van der Waals surface area (Å²) in [6.07, 6.45) is 0.783. The average Bonchev–Trinajstić information content (AvgIpc) is 2.38. The quantitative estimate of drug-likeness (QED) is 0.616. The molecule has 92 valence electrons. The summed E-state index contributed by atoms with van der Waals surface area (Å²) in [5, 5.41) is 0. The van der Waals surface area contributed by atoms with Crippen molar-refractivity contribution >= 4 is 18.0 Å². The second-order valence-electron chi connectivity index (χ2n) is 4.23. The molecule has 0 radical (unpaired) electrons. The van der Waals surface area contributed by atoms with E-state index in [4.69, 9.17) is 0 Å². The molecule has 0 atom stereocenters. The Labute approximate surface area is 111 Å². The van der Waals surface area contributed by atoms with Crippen LogP contribution in [0.5, 0.6) is 0 Å². The number of pyridine rings is 1. The smallest absolute Gasteiger partial charge is 0.168 e. The van der Waals surface area contributed by atoms with Crippen LogP contribution in [0.2, 0.25) is 0 Å². The van der Waals surface area contributed by atoms with E-state index in [2.05, 4.69) is 37.0 Å². The molecule has 2 nitrogen and oxygen atoms in total. The van der Waals surface area contributed by atoms with Crippen molar-refractivity contribution in [1.82, 2.24) is 4.98 Å². The number of hydrogen-bond acceptors (Lipinski definition) is 3. The number of aryl methyl sites for hydroxylation is 2. The second kappa shape index (κ2) is 5.83. The summed E-state index contributed by atoms with van der Waals surface area (Å²) in [7, 11) is 0. The maximum Gasteiger partial charge on any atom is 0.168 e. The molecule has 0 spiro atoms. The van der Waals surface area contributed by atoms with Gasteiger partial charge in [-0.3, -0.25) is 4.79 Å². The van der Waals surface area contributed by atoms with Crippen molar-refractivity contribution in [3.05, 3.63) is 58.9 Å². The normalized spacial score (nSPS) is 10.3. The first-order valence-corrected chi connectivity index (χ1v) is 6.79. The number of carbonyl (C=O) groups excluding carboxylic acids is 1. The lowest BCUT2D eigenvalue weighted by molar-refractivity contribution is 0.111. The number of aldehydes is 1. The van der Waals surface area contributed by atoms with Crippen LogP contribution >= 0.6 is 11.8 Å². The summed E-state index contributed by atoms with van der Waals surface area (Å²) in [6.45, 7) is 4.21. The predicted octanol–water partition coefficient (Wildman–Crippen LogP) is 3.80. The molecule has 2 rings (SSSR count). The molecule has 1 aromatic heterocycles. The molecule has 2 aromatic rings. The van der Waals surface area contributed by atoms with E-state index in [1.807, 2.05) is 12.1 Å². The number of carbonyl (C=O) groups is 1. The Bertz CT molecular complexity index is 566. The van der Waals surface area contributed by atoms with Crippen molar-refractivity contribution < 1.29 is 4.79 Å². The minimum absolute atomic E-state index is 0.494. The third kappa shape index (κ3) is 3.20. The van der Waals surface area contributed by atoms with Gasteiger partial charge >= 0.3 is 0 Å². The number of hydrogen-bond donors (Lipinski definition) is 0. The lowest BCUT2D eigenvalue weighted by Crippen LogP contribution is -1.92. The molecular formula is C15H15NOS. The summed E-state index contributed by atoms with van der Waals surface area (Å²) in [4.78, 5) is 16.2. The summed E-state index contributed by atoms with van der Waals surface area (Å²) < 4.78 is 0. The molecule has 1 heterocycles. The standard InChI is InChI=1S/C15H15NOS/c1-11-6-7-15(12(2)8-11)18-10-14-5-3-4-13(9-17)16-14/h3-9H,10H2,1-2H3. The second-order valence-corrected chi connectivity index (χ2v) is 5.25. The number of benzene rings is 1. The van der Waals surface area contributed by atoms with Gasteiger partial charge in [-0.15, -0.1) is 11.8 Å². The number of nitrogens with zero attached hydrogens (tertiary/aromatic N) is 1. The van der Waals surface area contributed by atoms with Gasteiger partial charge in [-0.2, -0.15) is 0 Å². The van der Waals surface area contributed by atoms with E-state index < -0.39 is 0 Å². The van der Waals surface area contributed by atoms with Gasteiger partial charge in [0.15, 0.2) is 6.29 Å². The molecule has 0 aliphatic carbocycles. The third-order valence-corrected chi connectivity index (χ3v) is 3.86. The molecular weight excluding hydrogens is 242 g/mol. The van der Waals surface area contributed by atoms with Crippen molar-refractivity contribution in [2.45, 2.75) is 24.5 Å². The minimum atomic E-state index is 0.494. The van der Waals surface area contributed by atoms with Crippen LogP contribution in [0.3, 0.4) is 0 Å². The van der Waals surface area contributed by atoms with Crippen LogP contribution in [0.15, 0.2) is 41.3 Å². The molecule has 0 bridgehead atoms. The largest absolute Gasteiger partial charge is 0.296 e. The van der Waals surface area contributed by atoms with Crippen LogP contribution in [-0.4, -0.2) is 11.3 Å². The maximum absolute atomic E-state index is 10.7. The zero-order valence-corrected chi connectivity index (χ0v) is 11.3. The lowest BCUT2D eigenvalue weighted by atomic mass is 10.2. The Balaban J connectivity index is 2.08. The first kappa shape index (κ1) is 12.8. The Kier molecular flexibility index (Phi) is 4.15. The fourth-order valence-corrected chi connectivity index (χ4v) is 2.67. The maximum atomic E-state index is 10.7. The molecule has 0 aliphatic rings. The molecule has 3 heteroatoms. The van der Waals surface area contributed by atoms with E-state index in [9.17, 15) is 4.79 Å². The van der Waals surface area contributed by atoms with Crippen LogP contribution in [0.25, 0.3) is 0 Å². The van der Waals surface area contributed by atoms with Crippen molar-refractivity contribution in [3.63, 3.8) is 0 Å². The third-order valence-electron chi connectivity index (χ3n) is 2.66. The van der Waals surface area contributed by atoms with Gasteiger partial charge in [0, 0.05) is 10.6 Å². The van der Waals surface area contributed by atoms with Crippen molar-refractivity contribution in [2.24, 2.45) is 0 Å². The van der Waals surface area contributed by atoms with Gasteiger partial charge in [0.25, 0.3) is 0 Å². The summed E-state index contributed by atoms with van der Waals surface area (Å²) in [5.41, 5.74) is 3.99. The highest BCUT2D eigenvalue weighted by molar-refractivity contribution is 7.98. The number of rotatable bonds is 4. The Morgan fingerprint density at radius 3 is 2.78 bits per heavy atom. The number of aromatic nitrogens is 1. The van der Waals surface area contributed by atoms with E-state index in [0.717, 1.165) is 17.7 Å². The van der Waals surface area contributed by atoms with Gasteiger partial charge in [-0.05, 0) is 37.6 Å². The van der Waals surface area contributed by atoms with Gasteiger partial charge in [0.05, 0.1) is 5.69 Å². The van der Waals surface area contributed by atoms with E-state index in [0.29, 0.717) is 5.69 Å². The van der Waals surface area contributed by atoms with Crippen LogP contribution in [0, 0.1) is 13.8 Å². The summed E-state index contributed by atoms with van der Waals surface area (Å²) >= 11 is 1.75. The molecule has 0 saturated carbocycles. The SMILES string of the molecule is Cc1ccc(SCc2cccc(C=O)n2)c(C)c1. The average molecular weight is 257 g/mol. The van der Waals surface area contributed by atoms with Crippen LogP contribution in [0.1, 0.15) is 27.3 Å². The first-order valence-electron chi connectivity index (χ1n) is 5.80. The lowest BCUT2D eigenvalue weighted by Gasteiger charge is -2.06. The van der Waals surface area contributed by atoms with Crippen LogP contribution < -0.4 is 0 Å². The molecule has 0 aliphatic heterocycles. The van der Waals surface area contributed by atoms with Crippen molar-refractivity contribution in [3.8, 4) is 0 Å². The van der Waals surface area contributed by atoms with Gasteiger partial charge in [0.1, 0.15) is 5.69 Å². The predicted molar refractivity (Wildman–Crippen MR) is 75.1 cm³/mol. The molecule has 0 amide bonds. The highest BCUT2D eigenvalue weighted by Crippen LogP contribution is 2.26. The van der Waals surface area contributed by atoms with Crippen molar-refractivity contribution in [2.75, 3.05) is 0 Å². The van der Waals surface area contributed by atoms with E-state index in [-0.39, 0.29) is 0 Å². The van der Waals surface area contributed by atoms with E-state index >= 15 is 0 Å². The number of thioether (sulfide) groups is 1. The Morgan fingerprint density at radius 1 is 1.22 bits per heavy atom. The molecule has 0 fully saturated rings. The van der Waals surface area contributed by atoms with Gasteiger partial charge in [-0.1, -0.05) is 23.8 Å². The van der Waals surface area contributed by atoms with E-state index in [1.54, 1.807) is 17.8 Å². The zero-order valence-electron chi connectivity index (χ0n) is 10.5. The molecule has 0 saturated heterocycles. The van der Waals surface area contributed by atoms with E-state index in [1.165, 1.54) is 16.0 Å². The highest BCUT2D eigenvalue weighted by atomic mass is 32.2. The zero-order chi connectivity index (χ0) is 13.0. The Hall–Kier alpha value is -1.61. The van der Waals surface area contributed by atoms with Crippen LogP contribution in [-0.2, 0) is 5.75 Å². The van der Waals surface area contributed by atoms with Crippen molar-refractivity contribution in [1.29, 1.82) is 0 Å².